The molecule has 0 saturated carbocycles. The molecule has 0 aliphatic rings. The summed E-state index contributed by atoms with van der Waals surface area (Å²) < 4.78 is 9.12. The van der Waals surface area contributed by atoms with Crippen molar-refractivity contribution >= 4 is 87.2 Å². The van der Waals surface area contributed by atoms with Gasteiger partial charge in [-0.3, -0.25) is 18.3 Å². The van der Waals surface area contributed by atoms with Gasteiger partial charge in [-0.05, 0) is 156 Å². The highest BCUT2D eigenvalue weighted by Gasteiger charge is 2.26. The molecular weight excluding hydrogens is 1660 g/mol. The molecule has 136 heavy (non-hydrogen) atoms. The molecule has 0 unspecified atom stereocenters. The SMILES string of the molecule is c1ccc(-c2cc(-c3ccccc3)nc(-c3cccc(-n4c5ccccc5c5cc6c(cc54)c4ccccc4n6-c4cccc(-c5cc(-c6ccccc6)cc(-c6ccccc6)n5)n4)n3)c2)cc1.c1ccc(-c2cc(-c3ccccc3)nc(-c3cccc(-n4c5ccccc5c5cc6c(cc54)c4ccccc4n6-c4cccc(-c5nc(-c6ccccc6)cc(-c6ccccc6)n5)n4)n3)n2)cc1. The number of hydrogen-bond donors (Lipinski definition) is 0. The Kier molecular flexibility index (Phi) is 19.9. The molecule has 0 radical (unpaired) electrons. The van der Waals surface area contributed by atoms with Crippen molar-refractivity contribution in [3.8, 4) is 159 Å². The van der Waals surface area contributed by atoms with Crippen LogP contribution in [0, 0.1) is 0 Å². The number of hydrogen-bond acceptors (Lipinski definition) is 10. The molecule has 14 aromatic carbocycles. The first-order chi connectivity index (χ1) is 67.4. The first-order valence-electron chi connectivity index (χ1n) is 45.5. The van der Waals surface area contributed by atoms with E-state index in [1.54, 1.807) is 0 Å². The Hall–Kier alpha value is -18.7. The summed E-state index contributed by atoms with van der Waals surface area (Å²) in [5.74, 6) is 4.30. The second kappa shape index (κ2) is 34.0. The van der Waals surface area contributed by atoms with E-state index in [1.165, 1.54) is 0 Å². The molecule has 0 fully saturated rings. The lowest BCUT2D eigenvalue weighted by Gasteiger charge is -2.12. The van der Waals surface area contributed by atoms with Crippen LogP contribution < -0.4 is 0 Å². The molecule has 0 aliphatic heterocycles. The standard InChI is InChI=1S/C62H40N6.C60H38N8/c1-5-19-41(20-6-1)45-35-53(43-23-9-3-10-24-43)63-55(37-45)51-29-17-33-61(65-51)67-57-31-15-13-27-47(57)49-40-60-50(39-59(49)67)48-28-14-16-32-58(48)68(60)62-34-18-30-52(66-62)56-38-46(42-21-7-2-8-22-42)36-54(64-56)44-25-11-4-12-26-44;1-5-19-39(20-6-1)49-37-50(40-21-7-2-8-22-40)64-59(63-49)47-29-17-33-57(61-47)67-53-31-15-13-27-43(53)45-36-56-46(35-55(45)67)44-28-14-16-32-54(44)68(56)58-34-18-30-48(62-58)60-65-51(41-23-9-3-10-24-41)38-52(66-60)42-25-11-4-12-26-42/h1-40H;1-38H. The Bertz CT molecular complexity index is 7790. The number of pyridine rings is 6. The summed E-state index contributed by atoms with van der Waals surface area (Å²) in [5.41, 5.74) is 28.8. The third-order valence-corrected chi connectivity index (χ3v) is 25.5. The van der Waals surface area contributed by atoms with Gasteiger partial charge in [-0.25, -0.2) is 49.8 Å². The summed E-state index contributed by atoms with van der Waals surface area (Å²) in [4.78, 5) is 52.5. The second-order valence-electron chi connectivity index (χ2n) is 33.8. The molecule has 12 heterocycles. The molecule has 0 aliphatic carbocycles. The Balaban J connectivity index is 0.000000145. The fraction of sp³-hybridized carbons (Fsp3) is 0. The summed E-state index contributed by atoms with van der Waals surface area (Å²) >= 11 is 0. The van der Waals surface area contributed by atoms with Crippen molar-refractivity contribution in [1.82, 2.24) is 68.1 Å². The maximum Gasteiger partial charge on any atom is 0.179 e. The Labute approximate surface area is 782 Å². The molecule has 12 aromatic heterocycles. The van der Waals surface area contributed by atoms with Crippen LogP contribution in [-0.2, 0) is 0 Å². The molecule has 26 rings (SSSR count). The smallest absolute Gasteiger partial charge is 0.179 e. The minimum absolute atomic E-state index is 0.557. The lowest BCUT2D eigenvalue weighted by atomic mass is 10.0. The number of fused-ring (bicyclic) bond motifs is 12. The van der Waals surface area contributed by atoms with E-state index in [0.717, 1.165) is 223 Å². The van der Waals surface area contributed by atoms with Gasteiger partial charge in [-0.15, -0.1) is 0 Å². The minimum Gasteiger partial charge on any atom is -0.294 e. The van der Waals surface area contributed by atoms with Gasteiger partial charge in [0.15, 0.2) is 11.6 Å². The number of para-hydroxylation sites is 4. The van der Waals surface area contributed by atoms with Crippen LogP contribution in [0.25, 0.3) is 246 Å². The molecule has 0 spiro atoms. The lowest BCUT2D eigenvalue weighted by Crippen LogP contribution is -2.02. The predicted octanol–water partition coefficient (Wildman–Crippen LogP) is 29.7. The fourth-order valence-corrected chi connectivity index (χ4v) is 19.2. The van der Waals surface area contributed by atoms with Crippen molar-refractivity contribution in [1.29, 1.82) is 0 Å². The second-order valence-corrected chi connectivity index (χ2v) is 33.8. The van der Waals surface area contributed by atoms with E-state index in [9.17, 15) is 0 Å². The Morgan fingerprint density at radius 3 is 0.574 bits per heavy atom. The molecule has 636 valence electrons. The molecule has 0 bridgehead atoms. The maximum absolute atomic E-state index is 5.42. The molecule has 0 saturated heterocycles. The van der Waals surface area contributed by atoms with Crippen LogP contribution in [0.5, 0.6) is 0 Å². The van der Waals surface area contributed by atoms with Crippen molar-refractivity contribution in [3.05, 3.63) is 473 Å². The first kappa shape index (κ1) is 79.5. The van der Waals surface area contributed by atoms with Crippen molar-refractivity contribution in [2.75, 3.05) is 0 Å². The lowest BCUT2D eigenvalue weighted by molar-refractivity contribution is 1.06. The predicted molar refractivity (Wildman–Crippen MR) is 553 cm³/mol. The van der Waals surface area contributed by atoms with E-state index in [1.807, 2.05) is 121 Å². The Morgan fingerprint density at radius 2 is 0.316 bits per heavy atom. The largest absolute Gasteiger partial charge is 0.294 e. The van der Waals surface area contributed by atoms with E-state index < -0.39 is 0 Å². The maximum atomic E-state index is 5.42. The zero-order valence-electron chi connectivity index (χ0n) is 73.3. The Morgan fingerprint density at radius 1 is 0.110 bits per heavy atom. The monoisotopic (exact) mass is 1740 g/mol. The van der Waals surface area contributed by atoms with Crippen LogP contribution in [-0.4, -0.2) is 68.1 Å². The van der Waals surface area contributed by atoms with E-state index in [2.05, 4.69) is 370 Å². The normalized spacial score (nSPS) is 11.5. The highest BCUT2D eigenvalue weighted by molar-refractivity contribution is 6.21. The van der Waals surface area contributed by atoms with E-state index in [4.69, 9.17) is 49.8 Å². The van der Waals surface area contributed by atoms with Crippen molar-refractivity contribution in [2.24, 2.45) is 0 Å². The van der Waals surface area contributed by atoms with Crippen LogP contribution in [0.3, 0.4) is 0 Å². The van der Waals surface area contributed by atoms with Gasteiger partial charge in [-0.2, -0.15) is 0 Å². The number of nitrogens with zero attached hydrogens (tertiary/aromatic N) is 14. The summed E-state index contributed by atoms with van der Waals surface area (Å²) in [7, 11) is 0. The molecule has 0 N–H and O–H groups in total. The highest BCUT2D eigenvalue weighted by atomic mass is 15.1. The van der Waals surface area contributed by atoms with Gasteiger partial charge >= 0.3 is 0 Å². The molecule has 0 atom stereocenters. The zero-order chi connectivity index (χ0) is 89.9. The molecule has 14 nitrogen and oxygen atoms in total. The van der Waals surface area contributed by atoms with E-state index in [-0.39, 0.29) is 0 Å². The summed E-state index contributed by atoms with van der Waals surface area (Å²) in [6.45, 7) is 0. The highest BCUT2D eigenvalue weighted by Crippen LogP contribution is 2.45. The molecule has 0 amide bonds. The minimum atomic E-state index is 0.557. The zero-order valence-corrected chi connectivity index (χ0v) is 73.3. The van der Waals surface area contributed by atoms with Crippen molar-refractivity contribution < 1.29 is 0 Å². The van der Waals surface area contributed by atoms with E-state index >= 15 is 0 Å². The summed E-state index contributed by atoms with van der Waals surface area (Å²) in [5, 5.41) is 8.96. The van der Waals surface area contributed by atoms with Gasteiger partial charge in [0.2, 0.25) is 0 Å². The van der Waals surface area contributed by atoms with Crippen molar-refractivity contribution in [2.45, 2.75) is 0 Å². The third-order valence-electron chi connectivity index (χ3n) is 25.5. The summed E-state index contributed by atoms with van der Waals surface area (Å²) in [6.07, 6.45) is 0. The molecule has 14 heteroatoms. The van der Waals surface area contributed by atoms with Gasteiger partial charge in [0.25, 0.3) is 0 Å². The average molecular weight is 1740 g/mol. The van der Waals surface area contributed by atoms with Crippen LogP contribution in [0.15, 0.2) is 473 Å². The van der Waals surface area contributed by atoms with Crippen LogP contribution in [0.2, 0.25) is 0 Å². The quantitative estimate of drug-likeness (QED) is 0.0915. The van der Waals surface area contributed by atoms with Gasteiger partial charge in [0.1, 0.15) is 34.7 Å². The van der Waals surface area contributed by atoms with Gasteiger partial charge in [-0.1, -0.05) is 340 Å². The summed E-state index contributed by atoms with van der Waals surface area (Å²) in [6, 6.07) is 164. The fourth-order valence-electron chi connectivity index (χ4n) is 19.2. The number of aromatic nitrogens is 14. The van der Waals surface area contributed by atoms with Crippen LogP contribution in [0.1, 0.15) is 0 Å². The van der Waals surface area contributed by atoms with E-state index in [0.29, 0.717) is 23.0 Å². The molecular formula is C122H78N14. The molecule has 26 aromatic rings. The van der Waals surface area contributed by atoms with Crippen LogP contribution in [0.4, 0.5) is 0 Å². The average Bonchev–Trinajstić information content (AvgIpc) is 1.56. The van der Waals surface area contributed by atoms with Gasteiger partial charge in [0, 0.05) is 76.5 Å². The first-order valence-corrected chi connectivity index (χ1v) is 45.5. The van der Waals surface area contributed by atoms with Crippen molar-refractivity contribution in [3.63, 3.8) is 0 Å². The number of rotatable bonds is 16. The topological polar surface area (TPSA) is 149 Å². The van der Waals surface area contributed by atoms with Gasteiger partial charge < -0.3 is 0 Å². The van der Waals surface area contributed by atoms with Crippen LogP contribution >= 0.6 is 0 Å². The number of benzene rings is 14. The van der Waals surface area contributed by atoms with Gasteiger partial charge in [0.05, 0.1) is 101 Å². The third kappa shape index (κ3) is 14.6.